The second-order valence-electron chi connectivity index (χ2n) is 4.49. The third kappa shape index (κ3) is 4.62. The summed E-state index contributed by atoms with van der Waals surface area (Å²) in [4.78, 5) is 0. The topological polar surface area (TPSA) is 32.3 Å². The fourth-order valence-corrected chi connectivity index (χ4v) is 1.91. The summed E-state index contributed by atoms with van der Waals surface area (Å²) in [6.07, 6.45) is 0.845. The fourth-order valence-electron chi connectivity index (χ4n) is 1.72. The van der Waals surface area contributed by atoms with Crippen molar-refractivity contribution in [2.75, 3.05) is 13.1 Å². The molecule has 0 amide bonds. The molecular weight excluding hydrogens is 241 g/mol. The highest BCUT2D eigenvalue weighted by molar-refractivity contribution is 6.30. The number of nitrogens with one attached hydrogen (secondary N) is 1. The first-order valence-electron chi connectivity index (χ1n) is 5.82. The van der Waals surface area contributed by atoms with Gasteiger partial charge in [0.2, 0.25) is 0 Å². The fraction of sp³-hybridized carbons (Fsp3) is 0.538. The van der Waals surface area contributed by atoms with Crippen molar-refractivity contribution >= 4 is 11.6 Å². The maximum Gasteiger partial charge on any atom is 0.145 e. The van der Waals surface area contributed by atoms with E-state index in [1.54, 1.807) is 19.1 Å². The van der Waals surface area contributed by atoms with Crippen molar-refractivity contribution in [3.63, 3.8) is 0 Å². The Balaban J connectivity index is 2.65. The summed E-state index contributed by atoms with van der Waals surface area (Å²) in [5.74, 6) is -0.433. The lowest BCUT2D eigenvalue weighted by Crippen LogP contribution is -2.32. The van der Waals surface area contributed by atoms with Crippen LogP contribution in [-0.4, -0.2) is 23.8 Å². The van der Waals surface area contributed by atoms with Crippen LogP contribution in [0.15, 0.2) is 18.2 Å². The lowest BCUT2D eigenvalue weighted by atomic mass is 9.93. The molecule has 0 spiro atoms. The van der Waals surface area contributed by atoms with Gasteiger partial charge in [-0.3, -0.25) is 0 Å². The molecule has 0 aliphatic carbocycles. The minimum atomic E-state index is -0.923. The van der Waals surface area contributed by atoms with E-state index in [1.165, 1.54) is 6.07 Å². The summed E-state index contributed by atoms with van der Waals surface area (Å²) in [7, 11) is 0. The normalized spacial score (nSPS) is 14.6. The second-order valence-corrected chi connectivity index (χ2v) is 4.90. The van der Waals surface area contributed by atoms with Gasteiger partial charge in [0.15, 0.2) is 0 Å². The molecule has 0 aliphatic rings. The minimum Gasteiger partial charge on any atom is -0.390 e. The molecule has 4 heteroatoms. The van der Waals surface area contributed by atoms with Crippen molar-refractivity contribution in [1.29, 1.82) is 0 Å². The Morgan fingerprint density at radius 3 is 2.82 bits per heavy atom. The van der Waals surface area contributed by atoms with Crippen molar-refractivity contribution in [3.8, 4) is 0 Å². The van der Waals surface area contributed by atoms with Crippen molar-refractivity contribution in [1.82, 2.24) is 5.32 Å². The van der Waals surface area contributed by atoms with Crippen molar-refractivity contribution < 1.29 is 9.50 Å². The summed E-state index contributed by atoms with van der Waals surface area (Å²) < 4.78 is 13.7. The van der Waals surface area contributed by atoms with Gasteiger partial charge in [0.05, 0.1) is 10.6 Å². The van der Waals surface area contributed by atoms with Gasteiger partial charge in [-0.25, -0.2) is 4.39 Å². The smallest absolute Gasteiger partial charge is 0.145 e. The Morgan fingerprint density at radius 1 is 1.47 bits per heavy atom. The number of halogens is 2. The zero-order chi connectivity index (χ0) is 12.9. The van der Waals surface area contributed by atoms with E-state index in [0.717, 1.165) is 6.54 Å². The Hall–Kier alpha value is -0.640. The highest BCUT2D eigenvalue weighted by atomic mass is 35.5. The van der Waals surface area contributed by atoms with Crippen LogP contribution in [-0.2, 0) is 6.42 Å². The largest absolute Gasteiger partial charge is 0.390 e. The van der Waals surface area contributed by atoms with Crippen LogP contribution in [0.4, 0.5) is 4.39 Å². The molecule has 1 aromatic carbocycles. The van der Waals surface area contributed by atoms with Gasteiger partial charge < -0.3 is 10.4 Å². The molecule has 0 saturated heterocycles. The highest BCUT2D eigenvalue weighted by Crippen LogP contribution is 2.23. The first-order valence-corrected chi connectivity index (χ1v) is 6.20. The molecule has 0 fully saturated rings. The van der Waals surface area contributed by atoms with Crippen molar-refractivity contribution in [2.24, 2.45) is 0 Å². The number of benzene rings is 1. The molecule has 96 valence electrons. The first kappa shape index (κ1) is 14.4. The maximum atomic E-state index is 13.7. The molecule has 0 aliphatic heterocycles. The average Bonchev–Trinajstić information content (AvgIpc) is 2.25. The van der Waals surface area contributed by atoms with Crippen LogP contribution >= 0.6 is 11.6 Å². The number of hydrogen-bond donors (Lipinski definition) is 2. The number of aliphatic hydroxyl groups is 1. The van der Waals surface area contributed by atoms with E-state index in [-0.39, 0.29) is 11.4 Å². The maximum absolute atomic E-state index is 13.7. The van der Waals surface area contributed by atoms with Crippen molar-refractivity contribution in [3.05, 3.63) is 34.6 Å². The highest BCUT2D eigenvalue weighted by Gasteiger charge is 2.22. The van der Waals surface area contributed by atoms with E-state index >= 15 is 0 Å². The van der Waals surface area contributed by atoms with Gasteiger partial charge in [0, 0.05) is 6.42 Å². The quantitative estimate of drug-likeness (QED) is 0.770. The van der Waals surface area contributed by atoms with Crippen LogP contribution in [0.1, 0.15) is 25.8 Å². The van der Waals surface area contributed by atoms with Crippen LogP contribution in [0.5, 0.6) is 0 Å². The number of hydrogen-bond acceptors (Lipinski definition) is 2. The molecule has 0 saturated carbocycles. The Morgan fingerprint density at radius 2 is 2.18 bits per heavy atom. The van der Waals surface area contributed by atoms with E-state index in [9.17, 15) is 9.50 Å². The van der Waals surface area contributed by atoms with Gasteiger partial charge in [-0.15, -0.1) is 0 Å². The van der Waals surface area contributed by atoms with E-state index in [4.69, 9.17) is 11.6 Å². The SMILES string of the molecule is CCNCCC(C)(O)Cc1cccc(Cl)c1F. The van der Waals surface area contributed by atoms with E-state index in [1.807, 2.05) is 6.92 Å². The average molecular weight is 260 g/mol. The van der Waals surface area contributed by atoms with E-state index in [0.29, 0.717) is 18.5 Å². The van der Waals surface area contributed by atoms with Crippen molar-refractivity contribution in [2.45, 2.75) is 32.3 Å². The van der Waals surface area contributed by atoms with Gasteiger partial charge in [0.1, 0.15) is 5.82 Å². The molecule has 1 aromatic rings. The molecule has 1 rings (SSSR count). The zero-order valence-corrected chi connectivity index (χ0v) is 11.0. The molecule has 0 bridgehead atoms. The molecule has 1 atom stereocenters. The molecule has 0 aromatic heterocycles. The minimum absolute atomic E-state index is 0.102. The third-order valence-electron chi connectivity index (χ3n) is 2.69. The molecule has 1 unspecified atom stereocenters. The lowest BCUT2D eigenvalue weighted by Gasteiger charge is -2.23. The Bertz CT molecular complexity index is 368. The van der Waals surface area contributed by atoms with Gasteiger partial charge in [-0.1, -0.05) is 30.7 Å². The molecule has 17 heavy (non-hydrogen) atoms. The molecule has 2 N–H and O–H groups in total. The number of rotatable bonds is 6. The summed E-state index contributed by atoms with van der Waals surface area (Å²) in [5, 5.41) is 13.4. The van der Waals surface area contributed by atoms with Crippen LogP contribution in [0.3, 0.4) is 0 Å². The van der Waals surface area contributed by atoms with Crippen LogP contribution in [0, 0.1) is 5.82 Å². The van der Waals surface area contributed by atoms with Gasteiger partial charge in [-0.2, -0.15) is 0 Å². The summed E-state index contributed by atoms with van der Waals surface area (Å²) in [6, 6.07) is 4.86. The standard InChI is InChI=1S/C13H19ClFNO/c1-3-16-8-7-13(2,17)9-10-5-4-6-11(14)12(10)15/h4-6,16-17H,3,7-9H2,1-2H3. The third-order valence-corrected chi connectivity index (χ3v) is 2.99. The van der Waals surface area contributed by atoms with Crippen LogP contribution < -0.4 is 5.32 Å². The predicted octanol–water partition coefficient (Wildman–Crippen LogP) is 2.77. The monoisotopic (exact) mass is 259 g/mol. The molecule has 0 heterocycles. The van der Waals surface area contributed by atoms with E-state index < -0.39 is 11.4 Å². The Kier molecular flexibility index (Phi) is 5.37. The Labute approximate surface area is 107 Å². The summed E-state index contributed by atoms with van der Waals surface area (Å²) >= 11 is 5.70. The van der Waals surface area contributed by atoms with Gasteiger partial charge >= 0.3 is 0 Å². The summed E-state index contributed by atoms with van der Waals surface area (Å²) in [5.41, 5.74) is -0.466. The molecule has 0 radical (unpaired) electrons. The van der Waals surface area contributed by atoms with Crippen LogP contribution in [0.2, 0.25) is 5.02 Å². The first-order chi connectivity index (χ1) is 7.96. The zero-order valence-electron chi connectivity index (χ0n) is 10.3. The summed E-state index contributed by atoms with van der Waals surface area (Å²) in [6.45, 7) is 5.29. The van der Waals surface area contributed by atoms with Gasteiger partial charge in [-0.05, 0) is 38.1 Å². The second kappa shape index (κ2) is 6.34. The molecular formula is C13H19ClFNO. The van der Waals surface area contributed by atoms with Crippen LogP contribution in [0.25, 0.3) is 0 Å². The van der Waals surface area contributed by atoms with E-state index in [2.05, 4.69) is 5.32 Å². The predicted molar refractivity (Wildman–Crippen MR) is 68.9 cm³/mol. The lowest BCUT2D eigenvalue weighted by molar-refractivity contribution is 0.0508. The van der Waals surface area contributed by atoms with Gasteiger partial charge in [0.25, 0.3) is 0 Å². The molecule has 2 nitrogen and oxygen atoms in total.